The Morgan fingerprint density at radius 1 is 1.32 bits per heavy atom. The summed E-state index contributed by atoms with van der Waals surface area (Å²) in [6.07, 6.45) is 1.80. The van der Waals surface area contributed by atoms with Gasteiger partial charge in [-0.2, -0.15) is 0 Å². The smallest absolute Gasteiger partial charge is 0.254 e. The van der Waals surface area contributed by atoms with Crippen molar-refractivity contribution in [2.24, 2.45) is 0 Å². The van der Waals surface area contributed by atoms with E-state index < -0.39 is 0 Å². The topological polar surface area (TPSA) is 47.4 Å². The van der Waals surface area contributed by atoms with Crippen LogP contribution in [0.2, 0.25) is 0 Å². The second-order valence-electron chi connectivity index (χ2n) is 5.20. The Kier molecular flexibility index (Phi) is 4.20. The van der Waals surface area contributed by atoms with E-state index in [0.717, 1.165) is 11.4 Å². The third-order valence-corrected chi connectivity index (χ3v) is 3.81. The van der Waals surface area contributed by atoms with Gasteiger partial charge in [0.05, 0.1) is 30.9 Å². The molecule has 5 nitrogen and oxygen atoms in total. The molecule has 0 bridgehead atoms. The highest BCUT2D eigenvalue weighted by Crippen LogP contribution is 2.19. The van der Waals surface area contributed by atoms with Gasteiger partial charge in [0.25, 0.3) is 5.91 Å². The minimum atomic E-state index is -0.340. The van der Waals surface area contributed by atoms with Crippen molar-refractivity contribution in [3.8, 4) is 0 Å². The van der Waals surface area contributed by atoms with E-state index in [1.54, 1.807) is 11.2 Å². The van der Waals surface area contributed by atoms with E-state index in [4.69, 9.17) is 4.74 Å². The largest absolute Gasteiger partial charge is 0.375 e. The van der Waals surface area contributed by atoms with Gasteiger partial charge in [-0.1, -0.05) is 0 Å². The normalized spacial score (nSPS) is 14.0. The second-order valence-corrected chi connectivity index (χ2v) is 5.20. The lowest BCUT2D eigenvalue weighted by Gasteiger charge is -2.29. The first-order valence-electron chi connectivity index (χ1n) is 7.34. The maximum atomic E-state index is 13.0. The molecule has 0 saturated carbocycles. The van der Waals surface area contributed by atoms with Crippen LogP contribution in [0, 0.1) is 5.82 Å². The first-order valence-corrected chi connectivity index (χ1v) is 7.34. The van der Waals surface area contributed by atoms with Gasteiger partial charge in [0, 0.05) is 25.3 Å². The van der Waals surface area contributed by atoms with Crippen molar-refractivity contribution in [2.75, 3.05) is 13.2 Å². The zero-order chi connectivity index (χ0) is 15.5. The summed E-state index contributed by atoms with van der Waals surface area (Å²) in [5, 5.41) is 0. The van der Waals surface area contributed by atoms with E-state index in [2.05, 4.69) is 9.55 Å². The number of hydrogen-bond donors (Lipinski definition) is 0. The van der Waals surface area contributed by atoms with Gasteiger partial charge in [0.1, 0.15) is 5.82 Å². The number of imidazole rings is 1. The van der Waals surface area contributed by atoms with Crippen LogP contribution in [-0.2, 0) is 24.4 Å². The summed E-state index contributed by atoms with van der Waals surface area (Å²) in [4.78, 5) is 18.6. The van der Waals surface area contributed by atoms with Crippen LogP contribution in [0.1, 0.15) is 28.7 Å². The average Bonchev–Trinajstić information content (AvgIpc) is 2.95. The number of aromatic nitrogens is 2. The molecule has 0 spiro atoms. The molecule has 1 aromatic heterocycles. The zero-order valence-corrected chi connectivity index (χ0v) is 12.5. The summed E-state index contributed by atoms with van der Waals surface area (Å²) >= 11 is 0. The summed E-state index contributed by atoms with van der Waals surface area (Å²) in [5.74, 6) is -0.429. The summed E-state index contributed by atoms with van der Waals surface area (Å²) < 4.78 is 20.4. The van der Waals surface area contributed by atoms with Gasteiger partial charge in [-0.3, -0.25) is 4.79 Å². The molecule has 1 amide bonds. The monoisotopic (exact) mass is 303 g/mol. The van der Waals surface area contributed by atoms with Crippen molar-refractivity contribution in [3.05, 3.63) is 53.4 Å². The Labute approximate surface area is 128 Å². The zero-order valence-electron chi connectivity index (χ0n) is 12.5. The van der Waals surface area contributed by atoms with Crippen molar-refractivity contribution in [3.63, 3.8) is 0 Å². The standard InChI is InChI=1S/C16H18FN3O2/c1-2-22-10-14-15-9-19(7-8-20(15)11-18-14)16(21)12-3-5-13(17)6-4-12/h3-6,11H,2,7-10H2,1H3. The van der Waals surface area contributed by atoms with Crippen LogP contribution < -0.4 is 0 Å². The van der Waals surface area contributed by atoms with E-state index >= 15 is 0 Å². The van der Waals surface area contributed by atoms with Crippen molar-refractivity contribution in [2.45, 2.75) is 26.6 Å². The molecule has 0 radical (unpaired) electrons. The van der Waals surface area contributed by atoms with Gasteiger partial charge < -0.3 is 14.2 Å². The molecule has 3 rings (SSSR count). The predicted octanol–water partition coefficient (Wildman–Crippen LogP) is 2.21. The number of fused-ring (bicyclic) bond motifs is 1. The van der Waals surface area contributed by atoms with Crippen molar-refractivity contribution in [1.82, 2.24) is 14.5 Å². The summed E-state index contributed by atoms with van der Waals surface area (Å²) in [6.45, 7) is 4.85. The van der Waals surface area contributed by atoms with Crippen LogP contribution >= 0.6 is 0 Å². The highest BCUT2D eigenvalue weighted by Gasteiger charge is 2.24. The third-order valence-electron chi connectivity index (χ3n) is 3.81. The molecule has 0 N–H and O–H groups in total. The lowest BCUT2D eigenvalue weighted by atomic mass is 10.1. The molecule has 0 atom stereocenters. The van der Waals surface area contributed by atoms with Gasteiger partial charge in [0.15, 0.2) is 0 Å². The Hall–Kier alpha value is -2.21. The number of rotatable bonds is 4. The number of nitrogens with zero attached hydrogens (tertiary/aromatic N) is 3. The van der Waals surface area contributed by atoms with Crippen LogP contribution in [-0.4, -0.2) is 33.5 Å². The summed E-state index contributed by atoms with van der Waals surface area (Å²) in [7, 11) is 0. The van der Waals surface area contributed by atoms with E-state index in [1.807, 2.05) is 6.92 Å². The molecule has 0 unspecified atom stereocenters. The van der Waals surface area contributed by atoms with Crippen molar-refractivity contribution >= 4 is 5.91 Å². The molecule has 0 aliphatic carbocycles. The predicted molar refractivity (Wildman–Crippen MR) is 78.7 cm³/mol. The lowest BCUT2D eigenvalue weighted by molar-refractivity contribution is 0.0706. The molecule has 1 aromatic carbocycles. The maximum absolute atomic E-state index is 13.0. The number of halogens is 1. The number of benzene rings is 1. The van der Waals surface area contributed by atoms with Gasteiger partial charge in [-0.15, -0.1) is 0 Å². The Balaban J connectivity index is 1.76. The average molecular weight is 303 g/mol. The molecule has 6 heteroatoms. The van der Waals surface area contributed by atoms with Crippen LogP contribution in [0.4, 0.5) is 4.39 Å². The van der Waals surface area contributed by atoms with Crippen LogP contribution in [0.5, 0.6) is 0 Å². The third kappa shape index (κ3) is 2.87. The van der Waals surface area contributed by atoms with Crippen molar-refractivity contribution in [1.29, 1.82) is 0 Å². The Bertz CT molecular complexity index is 667. The summed E-state index contributed by atoms with van der Waals surface area (Å²) in [5.41, 5.74) is 2.38. The molecule has 1 aliphatic rings. The van der Waals surface area contributed by atoms with E-state index in [1.165, 1.54) is 24.3 Å². The van der Waals surface area contributed by atoms with Gasteiger partial charge in [-0.25, -0.2) is 9.37 Å². The fraction of sp³-hybridized carbons (Fsp3) is 0.375. The first-order chi connectivity index (χ1) is 10.7. The van der Waals surface area contributed by atoms with Gasteiger partial charge >= 0.3 is 0 Å². The minimum absolute atomic E-state index is 0.0881. The number of ether oxygens (including phenoxy) is 1. The van der Waals surface area contributed by atoms with Gasteiger partial charge in [0.2, 0.25) is 0 Å². The molecule has 0 fully saturated rings. The fourth-order valence-corrected chi connectivity index (χ4v) is 2.58. The maximum Gasteiger partial charge on any atom is 0.254 e. The molecule has 2 aromatic rings. The number of carbonyl (C=O) groups excluding carboxylic acids is 1. The molecular weight excluding hydrogens is 285 g/mol. The molecule has 22 heavy (non-hydrogen) atoms. The second kappa shape index (κ2) is 6.27. The van der Waals surface area contributed by atoms with E-state index in [9.17, 15) is 9.18 Å². The Morgan fingerprint density at radius 2 is 2.09 bits per heavy atom. The molecular formula is C16H18FN3O2. The molecule has 0 saturated heterocycles. The highest BCUT2D eigenvalue weighted by molar-refractivity contribution is 5.94. The number of amides is 1. The molecule has 2 heterocycles. The van der Waals surface area contributed by atoms with Gasteiger partial charge in [-0.05, 0) is 31.2 Å². The van der Waals surface area contributed by atoms with Crippen LogP contribution in [0.25, 0.3) is 0 Å². The first kappa shape index (κ1) is 14.7. The quantitative estimate of drug-likeness (QED) is 0.870. The van der Waals surface area contributed by atoms with Crippen LogP contribution in [0.15, 0.2) is 30.6 Å². The summed E-state index contributed by atoms with van der Waals surface area (Å²) in [6, 6.07) is 5.65. The SMILES string of the molecule is CCOCc1ncn2c1CN(C(=O)c1ccc(F)cc1)CC2. The lowest BCUT2D eigenvalue weighted by Crippen LogP contribution is -2.38. The minimum Gasteiger partial charge on any atom is -0.375 e. The highest BCUT2D eigenvalue weighted by atomic mass is 19.1. The molecule has 116 valence electrons. The fourth-order valence-electron chi connectivity index (χ4n) is 2.58. The molecule has 1 aliphatic heterocycles. The number of hydrogen-bond acceptors (Lipinski definition) is 3. The number of carbonyl (C=O) groups is 1. The van der Waals surface area contributed by atoms with Crippen molar-refractivity contribution < 1.29 is 13.9 Å². The van der Waals surface area contributed by atoms with E-state index in [0.29, 0.717) is 38.4 Å². The Morgan fingerprint density at radius 3 is 2.82 bits per heavy atom. The van der Waals surface area contributed by atoms with Crippen LogP contribution in [0.3, 0.4) is 0 Å². The van der Waals surface area contributed by atoms with E-state index in [-0.39, 0.29) is 11.7 Å².